The van der Waals surface area contributed by atoms with E-state index in [0.717, 1.165) is 11.5 Å². The number of aromatic amines is 1. The van der Waals surface area contributed by atoms with Crippen molar-refractivity contribution in [3.8, 4) is 11.3 Å². The maximum Gasteiger partial charge on any atom is 0.123 e. The summed E-state index contributed by atoms with van der Waals surface area (Å²) in [5.74, 6) is 1.26. The number of aromatic nitrogens is 2. The van der Waals surface area contributed by atoms with E-state index < -0.39 is 0 Å². The van der Waals surface area contributed by atoms with Gasteiger partial charge in [-0.15, -0.1) is 0 Å². The van der Waals surface area contributed by atoms with Crippen LogP contribution in [0.5, 0.6) is 0 Å². The zero-order chi connectivity index (χ0) is 10.8. The molecule has 0 aliphatic rings. The van der Waals surface area contributed by atoms with E-state index in [1.165, 1.54) is 5.56 Å². The van der Waals surface area contributed by atoms with Gasteiger partial charge in [-0.25, -0.2) is 4.98 Å². The standard InChI is InChI=1S/C11H15N3S/c1-7(2)10(12)11-13-5-9(14-11)8-3-4-15-6-8/h3-7,10H,12H2,1-2H3,(H,13,14). The molecule has 0 amide bonds. The van der Waals surface area contributed by atoms with Gasteiger partial charge in [-0.1, -0.05) is 13.8 Å². The van der Waals surface area contributed by atoms with Crippen LogP contribution in [0.4, 0.5) is 0 Å². The van der Waals surface area contributed by atoms with E-state index in [1.807, 2.05) is 6.20 Å². The molecule has 15 heavy (non-hydrogen) atoms. The Morgan fingerprint density at radius 3 is 2.87 bits per heavy atom. The lowest BCUT2D eigenvalue weighted by atomic mass is 10.1. The van der Waals surface area contributed by atoms with Crippen LogP contribution in [0, 0.1) is 5.92 Å². The minimum absolute atomic E-state index is 0.0163. The van der Waals surface area contributed by atoms with Crippen molar-refractivity contribution in [2.45, 2.75) is 19.9 Å². The van der Waals surface area contributed by atoms with E-state index in [0.29, 0.717) is 5.92 Å². The van der Waals surface area contributed by atoms with Gasteiger partial charge in [0.15, 0.2) is 0 Å². The molecule has 2 aromatic heterocycles. The summed E-state index contributed by atoms with van der Waals surface area (Å²) < 4.78 is 0. The molecule has 0 bridgehead atoms. The molecule has 0 aromatic carbocycles. The van der Waals surface area contributed by atoms with E-state index in [2.05, 4.69) is 40.6 Å². The molecule has 0 radical (unpaired) electrons. The first-order chi connectivity index (χ1) is 7.18. The van der Waals surface area contributed by atoms with Gasteiger partial charge in [-0.3, -0.25) is 0 Å². The van der Waals surface area contributed by atoms with Gasteiger partial charge in [0.1, 0.15) is 5.82 Å². The third kappa shape index (κ3) is 2.11. The molecule has 0 spiro atoms. The van der Waals surface area contributed by atoms with Gasteiger partial charge in [0.2, 0.25) is 0 Å². The molecule has 2 heterocycles. The third-order valence-corrected chi connectivity index (χ3v) is 3.14. The van der Waals surface area contributed by atoms with Gasteiger partial charge in [-0.2, -0.15) is 11.3 Å². The summed E-state index contributed by atoms with van der Waals surface area (Å²) in [6.45, 7) is 4.19. The Labute approximate surface area is 93.4 Å². The van der Waals surface area contributed by atoms with Crippen LogP contribution in [0.2, 0.25) is 0 Å². The average molecular weight is 221 g/mol. The molecule has 0 aliphatic heterocycles. The van der Waals surface area contributed by atoms with Crippen molar-refractivity contribution in [3.05, 3.63) is 28.8 Å². The van der Waals surface area contributed by atoms with Gasteiger partial charge >= 0.3 is 0 Å². The second kappa shape index (κ2) is 4.16. The predicted molar refractivity (Wildman–Crippen MR) is 63.7 cm³/mol. The molecule has 80 valence electrons. The number of nitrogens with two attached hydrogens (primary N) is 1. The molecule has 0 saturated heterocycles. The second-order valence-electron chi connectivity index (χ2n) is 3.96. The molecule has 0 aliphatic carbocycles. The number of thiophene rings is 1. The van der Waals surface area contributed by atoms with Gasteiger partial charge in [-0.05, 0) is 17.4 Å². The first-order valence-electron chi connectivity index (χ1n) is 5.01. The van der Waals surface area contributed by atoms with E-state index in [-0.39, 0.29) is 6.04 Å². The molecular formula is C11H15N3S. The molecule has 1 unspecified atom stereocenters. The molecule has 0 fully saturated rings. The van der Waals surface area contributed by atoms with E-state index in [9.17, 15) is 0 Å². The second-order valence-corrected chi connectivity index (χ2v) is 4.74. The molecule has 4 heteroatoms. The van der Waals surface area contributed by atoms with E-state index >= 15 is 0 Å². The summed E-state index contributed by atoms with van der Waals surface area (Å²) in [5, 5.41) is 4.15. The maximum absolute atomic E-state index is 6.01. The van der Waals surface area contributed by atoms with Crippen LogP contribution in [0.3, 0.4) is 0 Å². The van der Waals surface area contributed by atoms with Crippen LogP contribution in [0.1, 0.15) is 25.7 Å². The van der Waals surface area contributed by atoms with Crippen molar-refractivity contribution in [1.82, 2.24) is 9.97 Å². The normalized spacial score (nSPS) is 13.3. The lowest BCUT2D eigenvalue weighted by Gasteiger charge is -2.11. The quantitative estimate of drug-likeness (QED) is 0.837. The van der Waals surface area contributed by atoms with Crippen LogP contribution in [-0.2, 0) is 0 Å². The Morgan fingerprint density at radius 1 is 1.47 bits per heavy atom. The number of imidazole rings is 1. The number of nitrogens with zero attached hydrogens (tertiary/aromatic N) is 1. The number of rotatable bonds is 3. The largest absolute Gasteiger partial charge is 0.341 e. The Morgan fingerprint density at radius 2 is 2.27 bits per heavy atom. The smallest absolute Gasteiger partial charge is 0.123 e. The van der Waals surface area contributed by atoms with Gasteiger partial charge < -0.3 is 10.7 Å². The van der Waals surface area contributed by atoms with Crippen molar-refractivity contribution < 1.29 is 0 Å². The minimum Gasteiger partial charge on any atom is -0.341 e. The molecule has 1 atom stereocenters. The summed E-state index contributed by atoms with van der Waals surface area (Å²) in [4.78, 5) is 7.58. The topological polar surface area (TPSA) is 54.7 Å². The third-order valence-electron chi connectivity index (χ3n) is 2.46. The van der Waals surface area contributed by atoms with Crippen LogP contribution in [-0.4, -0.2) is 9.97 Å². The number of H-pyrrole nitrogens is 1. The number of hydrogen-bond acceptors (Lipinski definition) is 3. The van der Waals surface area contributed by atoms with Gasteiger partial charge in [0.25, 0.3) is 0 Å². The minimum atomic E-state index is -0.0163. The van der Waals surface area contributed by atoms with Crippen LogP contribution in [0.15, 0.2) is 23.0 Å². The fraction of sp³-hybridized carbons (Fsp3) is 0.364. The molecule has 2 aromatic rings. The maximum atomic E-state index is 6.01. The summed E-state index contributed by atoms with van der Waals surface area (Å²) >= 11 is 1.68. The Hall–Kier alpha value is -1.13. The molecule has 3 nitrogen and oxygen atoms in total. The number of nitrogens with one attached hydrogen (secondary N) is 1. The lowest BCUT2D eigenvalue weighted by Crippen LogP contribution is -2.18. The highest BCUT2D eigenvalue weighted by Gasteiger charge is 2.14. The fourth-order valence-corrected chi connectivity index (χ4v) is 2.04. The summed E-state index contributed by atoms with van der Waals surface area (Å²) in [6, 6.07) is 2.06. The first kappa shape index (κ1) is 10.4. The predicted octanol–water partition coefficient (Wildman–Crippen LogP) is 2.79. The summed E-state index contributed by atoms with van der Waals surface area (Å²) in [5.41, 5.74) is 8.23. The number of hydrogen-bond donors (Lipinski definition) is 2. The van der Waals surface area contributed by atoms with E-state index in [4.69, 9.17) is 5.73 Å². The van der Waals surface area contributed by atoms with Crippen molar-refractivity contribution in [2.75, 3.05) is 0 Å². The molecule has 3 N–H and O–H groups in total. The Balaban J connectivity index is 2.25. The zero-order valence-electron chi connectivity index (χ0n) is 8.90. The van der Waals surface area contributed by atoms with E-state index in [1.54, 1.807) is 11.3 Å². The van der Waals surface area contributed by atoms with Crippen LogP contribution in [0.25, 0.3) is 11.3 Å². The summed E-state index contributed by atoms with van der Waals surface area (Å²) in [7, 11) is 0. The van der Waals surface area contributed by atoms with Crippen molar-refractivity contribution in [2.24, 2.45) is 11.7 Å². The SMILES string of the molecule is CC(C)C(N)c1ncc(-c2ccsc2)[nH]1. The average Bonchev–Trinajstić information content (AvgIpc) is 2.86. The van der Waals surface area contributed by atoms with Crippen molar-refractivity contribution >= 4 is 11.3 Å². The van der Waals surface area contributed by atoms with Gasteiger partial charge in [0, 0.05) is 10.9 Å². The Kier molecular flexibility index (Phi) is 2.88. The molecule has 0 saturated carbocycles. The van der Waals surface area contributed by atoms with Gasteiger partial charge in [0.05, 0.1) is 17.9 Å². The highest BCUT2D eigenvalue weighted by atomic mass is 32.1. The highest BCUT2D eigenvalue weighted by molar-refractivity contribution is 7.08. The Bertz CT molecular complexity index is 417. The van der Waals surface area contributed by atoms with Crippen molar-refractivity contribution in [3.63, 3.8) is 0 Å². The monoisotopic (exact) mass is 221 g/mol. The lowest BCUT2D eigenvalue weighted by molar-refractivity contribution is 0.494. The van der Waals surface area contributed by atoms with Crippen LogP contribution < -0.4 is 5.73 Å². The van der Waals surface area contributed by atoms with Crippen molar-refractivity contribution in [1.29, 1.82) is 0 Å². The zero-order valence-corrected chi connectivity index (χ0v) is 9.71. The summed E-state index contributed by atoms with van der Waals surface area (Å²) in [6.07, 6.45) is 1.85. The fourth-order valence-electron chi connectivity index (χ4n) is 1.39. The van der Waals surface area contributed by atoms with Crippen LogP contribution >= 0.6 is 11.3 Å². The molecule has 2 rings (SSSR count). The first-order valence-corrected chi connectivity index (χ1v) is 5.96. The molecular weight excluding hydrogens is 206 g/mol. The highest BCUT2D eigenvalue weighted by Crippen LogP contribution is 2.23.